The summed E-state index contributed by atoms with van der Waals surface area (Å²) in [5, 5.41) is 11.0. The van der Waals surface area contributed by atoms with Crippen molar-refractivity contribution in [3.8, 4) is 6.07 Å². The molecule has 1 aliphatic heterocycles. The van der Waals surface area contributed by atoms with Gasteiger partial charge in [0.25, 0.3) is 5.62 Å². The summed E-state index contributed by atoms with van der Waals surface area (Å²) in [6.07, 6.45) is 1.40. The van der Waals surface area contributed by atoms with Crippen molar-refractivity contribution in [2.45, 2.75) is 0 Å². The largest absolute Gasteiger partial charge is 0.349 e. The fourth-order valence-corrected chi connectivity index (χ4v) is 0.812. The average molecular weight is 175 g/mol. The van der Waals surface area contributed by atoms with E-state index in [1.54, 1.807) is 0 Å². The van der Waals surface area contributed by atoms with E-state index in [2.05, 4.69) is 10.3 Å². The molecular weight excluding hydrogens is 173 g/mol. The van der Waals surface area contributed by atoms with E-state index >= 15 is 0 Å². The topological polar surface area (TPSA) is 48.2 Å². The molecule has 0 unspecified atom stereocenters. The summed E-state index contributed by atoms with van der Waals surface area (Å²) in [4.78, 5) is 3.60. The lowest BCUT2D eigenvalue weighted by molar-refractivity contribution is 0.953. The molecule has 0 saturated heterocycles. The van der Waals surface area contributed by atoms with Gasteiger partial charge in [-0.05, 0) is 0 Å². The van der Waals surface area contributed by atoms with Crippen molar-refractivity contribution in [1.29, 1.82) is 5.26 Å². The van der Waals surface area contributed by atoms with E-state index in [0.29, 0.717) is 0 Å². The van der Waals surface area contributed by atoms with Gasteiger partial charge in [0.05, 0.1) is 0 Å². The monoisotopic (exact) mass is 174 g/mol. The van der Waals surface area contributed by atoms with Crippen molar-refractivity contribution < 1.29 is 0 Å². The number of nitriles is 1. The van der Waals surface area contributed by atoms with Crippen LogP contribution in [0.3, 0.4) is 0 Å². The Kier molecular flexibility index (Phi) is 2.15. The number of halogens is 2. The van der Waals surface area contributed by atoms with Crippen LogP contribution in [0.15, 0.2) is 16.8 Å². The van der Waals surface area contributed by atoms with Crippen molar-refractivity contribution in [3.63, 3.8) is 0 Å². The second kappa shape index (κ2) is 2.91. The first kappa shape index (κ1) is 7.39. The van der Waals surface area contributed by atoms with Crippen LogP contribution in [0.4, 0.5) is 0 Å². The molecule has 5 heteroatoms. The van der Waals surface area contributed by atoms with Gasteiger partial charge in [-0.25, -0.2) is 4.99 Å². The van der Waals surface area contributed by atoms with Crippen molar-refractivity contribution in [1.82, 2.24) is 5.32 Å². The summed E-state index contributed by atoms with van der Waals surface area (Å²) in [5.41, 5.74) is 0.454. The molecule has 0 aromatic rings. The fourth-order valence-electron chi connectivity index (χ4n) is 0.448. The van der Waals surface area contributed by atoms with E-state index in [4.69, 9.17) is 28.5 Å². The van der Waals surface area contributed by atoms with Crippen LogP contribution in [0.1, 0.15) is 0 Å². The van der Waals surface area contributed by atoms with E-state index in [9.17, 15) is 0 Å². The molecule has 1 aliphatic rings. The Labute approximate surface area is 67.9 Å². The van der Waals surface area contributed by atoms with E-state index in [0.717, 1.165) is 0 Å². The Morgan fingerprint density at radius 2 is 2.30 bits per heavy atom. The van der Waals surface area contributed by atoms with Crippen molar-refractivity contribution in [2.75, 3.05) is 0 Å². The van der Waals surface area contributed by atoms with Crippen LogP contribution in [-0.4, -0.2) is 5.17 Å². The first-order valence-corrected chi connectivity index (χ1v) is 3.13. The Morgan fingerprint density at radius 3 is 2.80 bits per heavy atom. The van der Waals surface area contributed by atoms with Crippen LogP contribution < -0.4 is 5.32 Å². The first-order chi connectivity index (χ1) is 4.74. The van der Waals surface area contributed by atoms with Crippen LogP contribution in [0.2, 0.25) is 0 Å². The highest BCUT2D eigenvalue weighted by atomic mass is 35.5. The third-order valence-corrected chi connectivity index (χ3v) is 1.36. The lowest BCUT2D eigenvalue weighted by Crippen LogP contribution is -2.15. The lowest BCUT2D eigenvalue weighted by Gasteiger charge is -2.08. The van der Waals surface area contributed by atoms with Gasteiger partial charge < -0.3 is 5.32 Å². The van der Waals surface area contributed by atoms with Gasteiger partial charge in [0, 0.05) is 6.20 Å². The van der Waals surface area contributed by atoms with Gasteiger partial charge in [0.15, 0.2) is 0 Å². The number of hydrogen-bond acceptors (Lipinski definition) is 3. The Morgan fingerprint density at radius 1 is 1.60 bits per heavy atom. The van der Waals surface area contributed by atoms with E-state index in [1.165, 1.54) is 6.20 Å². The molecule has 0 aromatic heterocycles. The molecule has 3 nitrogen and oxygen atoms in total. The molecule has 0 aliphatic carbocycles. The highest BCUT2D eigenvalue weighted by Gasteiger charge is 2.12. The van der Waals surface area contributed by atoms with Gasteiger partial charge in [-0.3, -0.25) is 0 Å². The number of aliphatic imine (C=N–C) groups is 1. The van der Waals surface area contributed by atoms with Crippen LogP contribution in [0.5, 0.6) is 0 Å². The molecule has 51 valence electrons. The molecular formula is C5H2Cl2N3. The molecule has 10 heavy (non-hydrogen) atoms. The summed E-state index contributed by atoms with van der Waals surface area (Å²) in [7, 11) is 0. The highest BCUT2D eigenvalue weighted by molar-refractivity contribution is 6.70. The number of rotatable bonds is 0. The van der Waals surface area contributed by atoms with Crippen molar-refractivity contribution in [3.05, 3.63) is 17.4 Å². The minimum Gasteiger partial charge on any atom is -0.349 e. The smallest absolute Gasteiger partial charge is 0.266 e. The predicted octanol–water partition coefficient (Wildman–Crippen LogP) is 1.32. The minimum absolute atomic E-state index is 0.117. The van der Waals surface area contributed by atoms with Gasteiger partial charge in [0.1, 0.15) is 16.8 Å². The second-order valence-electron chi connectivity index (χ2n) is 1.51. The molecule has 1 heterocycles. The zero-order valence-electron chi connectivity index (χ0n) is 4.73. The standard InChI is InChI=1S/C5H2Cl2N3/c6-4-3(1-8)2-9-5(7)10-4/h2,9H. The predicted molar refractivity (Wildman–Crippen MR) is 39.2 cm³/mol. The Bertz CT molecular complexity index is 238. The molecule has 0 fully saturated rings. The maximum absolute atomic E-state index is 8.37. The summed E-state index contributed by atoms with van der Waals surface area (Å²) < 4.78 is 0. The molecule has 0 bridgehead atoms. The number of nitrogens with zero attached hydrogens (tertiary/aromatic N) is 2. The van der Waals surface area contributed by atoms with E-state index in [1.807, 2.05) is 6.07 Å². The summed E-state index contributed by atoms with van der Waals surface area (Å²) in [5.74, 6) is 0. The maximum Gasteiger partial charge on any atom is 0.266 e. The number of hydrogen-bond donors (Lipinski definition) is 1. The zero-order valence-corrected chi connectivity index (χ0v) is 6.24. The van der Waals surface area contributed by atoms with Gasteiger partial charge >= 0.3 is 0 Å². The molecule has 0 saturated carbocycles. The van der Waals surface area contributed by atoms with Gasteiger partial charge in [0.2, 0.25) is 0 Å². The van der Waals surface area contributed by atoms with E-state index in [-0.39, 0.29) is 16.4 Å². The third-order valence-electron chi connectivity index (χ3n) is 0.875. The van der Waals surface area contributed by atoms with E-state index < -0.39 is 0 Å². The first-order valence-electron chi connectivity index (χ1n) is 2.38. The molecule has 0 spiro atoms. The molecule has 1 N–H and O–H groups in total. The summed E-state index contributed by atoms with van der Waals surface area (Å²) in [6.45, 7) is 0. The average Bonchev–Trinajstić information content (AvgIpc) is 1.88. The second-order valence-corrected chi connectivity index (χ2v) is 2.22. The van der Waals surface area contributed by atoms with Crippen LogP contribution >= 0.6 is 23.2 Å². The molecule has 0 amide bonds. The molecule has 1 rings (SSSR count). The molecule has 0 atom stereocenters. The Balaban J connectivity index is 2.84. The normalized spacial score (nSPS) is 18.5. The van der Waals surface area contributed by atoms with Gasteiger partial charge in [-0.15, -0.1) is 0 Å². The molecule has 0 aromatic carbocycles. The Hall–Kier alpha value is -0.720. The van der Waals surface area contributed by atoms with Crippen LogP contribution in [0, 0.1) is 17.0 Å². The number of nitrogens with one attached hydrogen (secondary N) is 1. The fraction of sp³-hybridized carbons (Fsp3) is 0. The van der Waals surface area contributed by atoms with Crippen LogP contribution in [-0.2, 0) is 0 Å². The SMILES string of the molecule is N#CC1=CN[C](Cl)N=C1Cl. The number of allylic oxidation sites excluding steroid dienone is 1. The van der Waals surface area contributed by atoms with Crippen molar-refractivity contribution >= 4 is 28.4 Å². The van der Waals surface area contributed by atoms with Gasteiger partial charge in [-0.1, -0.05) is 23.2 Å². The summed E-state index contributed by atoms with van der Waals surface area (Å²) >= 11 is 10.9. The zero-order chi connectivity index (χ0) is 7.56. The van der Waals surface area contributed by atoms with Crippen LogP contribution in [0.25, 0.3) is 0 Å². The molecule has 1 radical (unpaired) electrons. The maximum atomic E-state index is 8.37. The highest BCUT2D eigenvalue weighted by Crippen LogP contribution is 2.14. The summed E-state index contributed by atoms with van der Waals surface area (Å²) in [6, 6.07) is 1.84. The quantitative estimate of drug-likeness (QED) is 0.564. The van der Waals surface area contributed by atoms with Crippen molar-refractivity contribution in [2.24, 2.45) is 4.99 Å². The van der Waals surface area contributed by atoms with Gasteiger partial charge in [-0.2, -0.15) is 5.26 Å². The minimum atomic E-state index is 0.117. The lowest BCUT2D eigenvalue weighted by atomic mass is 10.3. The third kappa shape index (κ3) is 1.41.